The summed E-state index contributed by atoms with van der Waals surface area (Å²) in [6.07, 6.45) is 0.842. The zero-order valence-corrected chi connectivity index (χ0v) is 16.8. The van der Waals surface area contributed by atoms with Gasteiger partial charge in [-0.1, -0.05) is 45.2 Å². The van der Waals surface area contributed by atoms with E-state index in [-0.39, 0.29) is 11.7 Å². The number of nitrogens with zero attached hydrogens (tertiary/aromatic N) is 1. The molecule has 1 aromatic rings. The van der Waals surface area contributed by atoms with Gasteiger partial charge in [-0.3, -0.25) is 0 Å². The van der Waals surface area contributed by atoms with Crippen LogP contribution in [-0.4, -0.2) is 41.6 Å². The van der Waals surface area contributed by atoms with Crippen molar-refractivity contribution < 1.29 is 23.0 Å². The van der Waals surface area contributed by atoms with Crippen molar-refractivity contribution in [3.05, 3.63) is 29.8 Å². The fraction of sp³-hybridized carbons (Fsp3) is 0.727. The highest BCUT2D eigenvalue weighted by molar-refractivity contribution is 5.33. The van der Waals surface area contributed by atoms with E-state index in [1.165, 1.54) is 12.1 Å². The molecule has 3 nitrogen and oxygen atoms in total. The van der Waals surface area contributed by atoms with E-state index in [1.54, 1.807) is 6.07 Å². The maximum atomic E-state index is 12.7. The zero-order valence-electron chi connectivity index (χ0n) is 16.8. The molecule has 158 valence electrons. The molecule has 0 amide bonds. The summed E-state index contributed by atoms with van der Waals surface area (Å²) in [7, 11) is 0. The average molecular weight is 399 g/mol. The van der Waals surface area contributed by atoms with Crippen LogP contribution in [0.5, 0.6) is 5.75 Å². The van der Waals surface area contributed by atoms with Crippen molar-refractivity contribution in [3.8, 4) is 5.75 Å². The minimum absolute atomic E-state index is 0.212. The topological polar surface area (TPSA) is 32.7 Å². The van der Waals surface area contributed by atoms with Crippen molar-refractivity contribution >= 4 is 0 Å². The van der Waals surface area contributed by atoms with Crippen molar-refractivity contribution in [1.29, 1.82) is 0 Å². The Morgan fingerprint density at radius 3 is 2.54 bits per heavy atom. The van der Waals surface area contributed by atoms with Crippen LogP contribution in [0.25, 0.3) is 0 Å². The second-order valence-corrected chi connectivity index (χ2v) is 8.89. The van der Waals surface area contributed by atoms with Gasteiger partial charge in [-0.15, -0.1) is 13.2 Å². The molecule has 3 rings (SSSR count). The van der Waals surface area contributed by atoms with Gasteiger partial charge in [0.15, 0.2) is 0 Å². The molecule has 0 bridgehead atoms. The number of ether oxygens (including phenoxy) is 1. The Hall–Kier alpha value is -1.27. The molecule has 1 aliphatic heterocycles. The Balaban J connectivity index is 1.83. The number of hydrogen-bond donors (Lipinski definition) is 1. The fourth-order valence-corrected chi connectivity index (χ4v) is 4.86. The third kappa shape index (κ3) is 5.41. The van der Waals surface area contributed by atoms with Crippen LogP contribution in [0.3, 0.4) is 0 Å². The Labute approximate surface area is 165 Å². The standard InChI is InChI=1S/C22H32F3NO2/c1-16(2)18-9-12-26(14-18)15-20(21(27)10-4-3-5-11-21)17-7-6-8-19(13-17)28-22(23,24)25/h6-8,13,16,18,20,27H,3-5,9-12,14-15H2,1-2H3/t18-,20?/m0/s1. The van der Waals surface area contributed by atoms with Gasteiger partial charge >= 0.3 is 6.36 Å². The molecular weight excluding hydrogens is 367 g/mol. The molecule has 0 radical (unpaired) electrons. The van der Waals surface area contributed by atoms with Crippen LogP contribution >= 0.6 is 0 Å². The van der Waals surface area contributed by atoms with Crippen LogP contribution in [0.15, 0.2) is 24.3 Å². The molecule has 28 heavy (non-hydrogen) atoms. The Morgan fingerprint density at radius 1 is 1.21 bits per heavy atom. The van der Waals surface area contributed by atoms with E-state index in [1.807, 2.05) is 6.07 Å². The zero-order chi connectivity index (χ0) is 20.4. The quantitative estimate of drug-likeness (QED) is 0.701. The molecule has 2 atom stereocenters. The first kappa shape index (κ1) is 21.4. The number of aliphatic hydroxyl groups is 1. The molecule has 1 N–H and O–H groups in total. The first-order valence-electron chi connectivity index (χ1n) is 10.5. The summed E-state index contributed by atoms with van der Waals surface area (Å²) in [6.45, 7) is 7.11. The third-order valence-corrected chi connectivity index (χ3v) is 6.55. The summed E-state index contributed by atoms with van der Waals surface area (Å²) in [5.41, 5.74) is -0.135. The van der Waals surface area contributed by atoms with Gasteiger partial charge in [0.2, 0.25) is 0 Å². The number of halogens is 3. The van der Waals surface area contributed by atoms with E-state index in [0.29, 0.717) is 31.2 Å². The first-order valence-corrected chi connectivity index (χ1v) is 10.5. The van der Waals surface area contributed by atoms with Gasteiger partial charge in [0.25, 0.3) is 0 Å². The first-order chi connectivity index (χ1) is 13.2. The van der Waals surface area contributed by atoms with Crippen molar-refractivity contribution in [2.24, 2.45) is 11.8 Å². The lowest BCUT2D eigenvalue weighted by Crippen LogP contribution is -2.44. The molecule has 1 unspecified atom stereocenters. The Morgan fingerprint density at radius 2 is 1.93 bits per heavy atom. The summed E-state index contributed by atoms with van der Waals surface area (Å²) >= 11 is 0. The Kier molecular flexibility index (Phi) is 6.60. The highest BCUT2D eigenvalue weighted by Crippen LogP contribution is 2.42. The maximum Gasteiger partial charge on any atom is 0.573 e. The van der Waals surface area contributed by atoms with Gasteiger partial charge in [-0.2, -0.15) is 0 Å². The van der Waals surface area contributed by atoms with E-state index >= 15 is 0 Å². The SMILES string of the molecule is CC(C)[C@H]1CCN(CC(c2cccc(OC(F)(F)F)c2)C2(O)CCCCC2)C1. The van der Waals surface area contributed by atoms with Crippen LogP contribution in [-0.2, 0) is 0 Å². The van der Waals surface area contributed by atoms with E-state index in [4.69, 9.17) is 0 Å². The fourth-order valence-electron chi connectivity index (χ4n) is 4.86. The highest BCUT2D eigenvalue weighted by atomic mass is 19.4. The number of hydrogen-bond acceptors (Lipinski definition) is 3. The number of rotatable bonds is 6. The van der Waals surface area contributed by atoms with Crippen LogP contribution in [0, 0.1) is 11.8 Å². The van der Waals surface area contributed by atoms with Crippen molar-refractivity contribution in [2.45, 2.75) is 70.3 Å². The smallest absolute Gasteiger partial charge is 0.406 e. The largest absolute Gasteiger partial charge is 0.573 e. The normalized spacial score (nSPS) is 24.5. The van der Waals surface area contributed by atoms with E-state index in [0.717, 1.165) is 44.3 Å². The summed E-state index contributed by atoms with van der Waals surface area (Å²) in [4.78, 5) is 2.37. The molecule has 2 aliphatic rings. The van der Waals surface area contributed by atoms with Crippen LogP contribution in [0.4, 0.5) is 13.2 Å². The number of likely N-dealkylation sites (tertiary alicyclic amines) is 1. The molecule has 0 spiro atoms. The van der Waals surface area contributed by atoms with Crippen LogP contribution in [0.2, 0.25) is 0 Å². The van der Waals surface area contributed by atoms with Gasteiger partial charge < -0.3 is 14.7 Å². The minimum Gasteiger partial charge on any atom is -0.406 e. The van der Waals surface area contributed by atoms with E-state index in [2.05, 4.69) is 23.5 Å². The second kappa shape index (κ2) is 8.62. The van der Waals surface area contributed by atoms with Gasteiger partial charge in [0, 0.05) is 19.0 Å². The highest BCUT2D eigenvalue weighted by Gasteiger charge is 2.41. The molecule has 1 saturated carbocycles. The van der Waals surface area contributed by atoms with Gasteiger partial charge in [-0.25, -0.2) is 0 Å². The van der Waals surface area contributed by atoms with E-state index in [9.17, 15) is 18.3 Å². The van der Waals surface area contributed by atoms with Crippen LogP contribution in [0.1, 0.15) is 63.9 Å². The van der Waals surface area contributed by atoms with Crippen molar-refractivity contribution in [3.63, 3.8) is 0 Å². The number of benzene rings is 1. The van der Waals surface area contributed by atoms with E-state index < -0.39 is 12.0 Å². The maximum absolute atomic E-state index is 12.7. The lowest BCUT2D eigenvalue weighted by molar-refractivity contribution is -0.274. The minimum atomic E-state index is -4.71. The van der Waals surface area contributed by atoms with Gasteiger partial charge in [0.1, 0.15) is 5.75 Å². The lowest BCUT2D eigenvalue weighted by Gasteiger charge is -2.41. The third-order valence-electron chi connectivity index (χ3n) is 6.55. The van der Waals surface area contributed by atoms with Crippen LogP contribution < -0.4 is 4.74 Å². The monoisotopic (exact) mass is 399 g/mol. The molecule has 1 saturated heterocycles. The predicted molar refractivity (Wildman–Crippen MR) is 103 cm³/mol. The van der Waals surface area contributed by atoms with Crippen molar-refractivity contribution in [1.82, 2.24) is 4.90 Å². The van der Waals surface area contributed by atoms with Crippen molar-refractivity contribution in [2.75, 3.05) is 19.6 Å². The van der Waals surface area contributed by atoms with Gasteiger partial charge in [-0.05, 0) is 55.3 Å². The summed E-state index contributed by atoms with van der Waals surface area (Å²) in [5.74, 6) is 0.831. The molecular formula is C22H32F3NO2. The Bertz CT molecular complexity index is 641. The molecule has 6 heteroatoms. The molecule has 2 fully saturated rings. The summed E-state index contributed by atoms with van der Waals surface area (Å²) < 4.78 is 42.1. The summed E-state index contributed by atoms with van der Waals surface area (Å²) in [5, 5.41) is 11.5. The predicted octanol–water partition coefficient (Wildman–Crippen LogP) is 5.34. The van der Waals surface area contributed by atoms with Gasteiger partial charge in [0.05, 0.1) is 5.60 Å². The molecule has 0 aromatic heterocycles. The molecule has 1 aliphatic carbocycles. The molecule has 1 heterocycles. The molecule has 1 aromatic carbocycles. The number of alkyl halides is 3. The lowest BCUT2D eigenvalue weighted by atomic mass is 9.72. The second-order valence-electron chi connectivity index (χ2n) is 8.89. The summed E-state index contributed by atoms with van der Waals surface area (Å²) in [6, 6.07) is 6.21. The average Bonchev–Trinajstić information content (AvgIpc) is 3.08.